The molecule has 0 saturated heterocycles. The van der Waals surface area contributed by atoms with E-state index in [4.69, 9.17) is 24.7 Å². The molecule has 0 bridgehead atoms. The maximum absolute atomic E-state index is 12.8. The van der Waals surface area contributed by atoms with E-state index >= 15 is 0 Å². The first-order valence-corrected chi connectivity index (χ1v) is 10.3. The van der Waals surface area contributed by atoms with Crippen molar-refractivity contribution in [3.63, 3.8) is 0 Å². The van der Waals surface area contributed by atoms with Crippen molar-refractivity contribution < 1.29 is 28.5 Å². The van der Waals surface area contributed by atoms with Crippen molar-refractivity contribution in [1.82, 2.24) is 0 Å². The van der Waals surface area contributed by atoms with Crippen LogP contribution in [0, 0.1) is 0 Å². The minimum Gasteiger partial charge on any atom is -0.493 e. The summed E-state index contributed by atoms with van der Waals surface area (Å²) in [5, 5.41) is 0. The summed E-state index contributed by atoms with van der Waals surface area (Å²) in [5.41, 5.74) is 7.36. The summed E-state index contributed by atoms with van der Waals surface area (Å²) >= 11 is 3.51. The Kier molecular flexibility index (Phi) is 6.52. The van der Waals surface area contributed by atoms with Crippen molar-refractivity contribution in [2.24, 2.45) is 5.73 Å². The van der Waals surface area contributed by atoms with Crippen molar-refractivity contribution in [2.45, 2.75) is 39.0 Å². The molecule has 1 unspecified atom stereocenters. The van der Waals surface area contributed by atoms with E-state index in [9.17, 15) is 9.59 Å². The minimum atomic E-state index is -0.702. The molecule has 3 rings (SSSR count). The number of hydrogen-bond donors (Lipinski definition) is 1. The summed E-state index contributed by atoms with van der Waals surface area (Å²) in [5.74, 6) is 0.135. The van der Waals surface area contributed by atoms with Gasteiger partial charge in [-0.1, -0.05) is 0 Å². The van der Waals surface area contributed by atoms with E-state index in [2.05, 4.69) is 15.9 Å². The van der Waals surface area contributed by atoms with Crippen LogP contribution in [-0.4, -0.2) is 32.1 Å². The number of halogens is 1. The van der Waals surface area contributed by atoms with E-state index in [1.165, 1.54) is 7.11 Å². The number of rotatable bonds is 6. The summed E-state index contributed by atoms with van der Waals surface area (Å²) in [6, 6.07) is 3.56. The standard InChI is InChI=1S/C21H24BrNO6/c1-4-27-19-12(22)9-11(10-15(19)26-3)16-17-13(24)7-6-8-14(17)29-20(23)18(16)21(25)28-5-2/h9-10,16H,4-8,23H2,1-3H3. The van der Waals surface area contributed by atoms with Gasteiger partial charge >= 0.3 is 5.97 Å². The van der Waals surface area contributed by atoms with E-state index in [1.807, 2.05) is 13.0 Å². The average molecular weight is 466 g/mol. The van der Waals surface area contributed by atoms with Gasteiger partial charge in [0.25, 0.3) is 0 Å². The SMILES string of the molecule is CCOC(=O)C1=C(N)OC2=C(C(=O)CCC2)C1c1cc(Br)c(OCC)c(OC)c1. The molecule has 29 heavy (non-hydrogen) atoms. The Hall–Kier alpha value is -2.48. The van der Waals surface area contributed by atoms with Crippen molar-refractivity contribution in [1.29, 1.82) is 0 Å². The normalized spacial score (nSPS) is 18.9. The second-order valence-electron chi connectivity index (χ2n) is 6.61. The van der Waals surface area contributed by atoms with Crippen LogP contribution in [-0.2, 0) is 19.1 Å². The maximum Gasteiger partial charge on any atom is 0.340 e. The third kappa shape index (κ3) is 3.99. The highest BCUT2D eigenvalue weighted by Crippen LogP contribution is 2.47. The van der Waals surface area contributed by atoms with Crippen LogP contribution in [0.3, 0.4) is 0 Å². The first kappa shape index (κ1) is 21.2. The van der Waals surface area contributed by atoms with Crippen molar-refractivity contribution in [3.05, 3.63) is 45.0 Å². The molecule has 8 heteroatoms. The molecule has 1 aliphatic heterocycles. The number of methoxy groups -OCH3 is 1. The number of ether oxygens (including phenoxy) is 4. The summed E-state index contributed by atoms with van der Waals surface area (Å²) in [4.78, 5) is 25.6. The molecule has 1 atom stereocenters. The fraction of sp³-hybridized carbons (Fsp3) is 0.429. The van der Waals surface area contributed by atoms with Crippen LogP contribution >= 0.6 is 15.9 Å². The van der Waals surface area contributed by atoms with E-state index in [1.54, 1.807) is 13.0 Å². The number of Topliss-reactive ketones (excluding diaryl/α,β-unsaturated/α-hetero) is 1. The van der Waals surface area contributed by atoms with Gasteiger partial charge in [-0.15, -0.1) is 0 Å². The van der Waals surface area contributed by atoms with E-state index in [0.717, 1.165) is 0 Å². The Labute approximate surface area is 177 Å². The number of nitrogens with two attached hydrogens (primary N) is 1. The molecule has 2 aliphatic rings. The third-order valence-corrected chi connectivity index (χ3v) is 5.44. The molecule has 0 radical (unpaired) electrons. The number of ketones is 1. The smallest absolute Gasteiger partial charge is 0.340 e. The van der Waals surface area contributed by atoms with Crippen molar-refractivity contribution in [2.75, 3.05) is 20.3 Å². The topological polar surface area (TPSA) is 97.1 Å². The molecule has 1 aliphatic carbocycles. The summed E-state index contributed by atoms with van der Waals surface area (Å²) in [6.45, 7) is 4.22. The lowest BCUT2D eigenvalue weighted by Crippen LogP contribution is -2.31. The number of hydrogen-bond acceptors (Lipinski definition) is 7. The second kappa shape index (κ2) is 8.90. The number of benzene rings is 1. The molecule has 7 nitrogen and oxygen atoms in total. The molecule has 0 saturated carbocycles. The van der Waals surface area contributed by atoms with Crippen LogP contribution in [0.2, 0.25) is 0 Å². The first-order chi connectivity index (χ1) is 13.9. The van der Waals surface area contributed by atoms with Gasteiger partial charge in [0.15, 0.2) is 17.3 Å². The van der Waals surface area contributed by atoms with Gasteiger partial charge in [0.1, 0.15) is 11.3 Å². The Morgan fingerprint density at radius 1 is 1.28 bits per heavy atom. The third-order valence-electron chi connectivity index (χ3n) is 4.85. The first-order valence-electron chi connectivity index (χ1n) is 9.53. The Bertz CT molecular complexity index is 905. The van der Waals surface area contributed by atoms with Gasteiger partial charge in [0.05, 0.1) is 30.7 Å². The van der Waals surface area contributed by atoms with Gasteiger partial charge in [0, 0.05) is 18.4 Å². The van der Waals surface area contributed by atoms with Gasteiger partial charge in [-0.05, 0) is 53.9 Å². The molecule has 0 aromatic heterocycles. The van der Waals surface area contributed by atoms with Crippen LogP contribution in [0.15, 0.2) is 39.4 Å². The zero-order valence-corrected chi connectivity index (χ0v) is 18.3. The minimum absolute atomic E-state index is 0.0362. The van der Waals surface area contributed by atoms with Crippen LogP contribution < -0.4 is 15.2 Å². The largest absolute Gasteiger partial charge is 0.493 e. The van der Waals surface area contributed by atoms with Crippen LogP contribution in [0.5, 0.6) is 11.5 Å². The quantitative estimate of drug-likeness (QED) is 0.639. The molecule has 0 fully saturated rings. The molecule has 1 aromatic rings. The fourth-order valence-electron chi connectivity index (χ4n) is 3.69. The lowest BCUT2D eigenvalue weighted by atomic mass is 9.77. The molecule has 1 heterocycles. The van der Waals surface area contributed by atoms with Gasteiger partial charge in [0.2, 0.25) is 5.88 Å². The Morgan fingerprint density at radius 2 is 2.03 bits per heavy atom. The lowest BCUT2D eigenvalue weighted by Gasteiger charge is -2.32. The maximum atomic E-state index is 12.8. The highest BCUT2D eigenvalue weighted by atomic mass is 79.9. The van der Waals surface area contributed by atoms with Crippen LogP contribution in [0.25, 0.3) is 0 Å². The van der Waals surface area contributed by atoms with E-state index < -0.39 is 11.9 Å². The predicted molar refractivity (Wildman–Crippen MR) is 109 cm³/mol. The van der Waals surface area contributed by atoms with E-state index in [0.29, 0.717) is 58.7 Å². The fourth-order valence-corrected chi connectivity index (χ4v) is 4.26. The molecule has 156 valence electrons. The molecule has 0 amide bonds. The van der Waals surface area contributed by atoms with Crippen molar-refractivity contribution in [3.8, 4) is 11.5 Å². The number of esters is 1. The van der Waals surface area contributed by atoms with Gasteiger partial charge in [-0.3, -0.25) is 4.79 Å². The summed E-state index contributed by atoms with van der Waals surface area (Å²) < 4.78 is 22.7. The number of carbonyl (C=O) groups is 2. The average Bonchev–Trinajstić information content (AvgIpc) is 2.68. The molecule has 1 aromatic carbocycles. The van der Waals surface area contributed by atoms with Crippen LogP contribution in [0.1, 0.15) is 44.6 Å². The molecule has 0 spiro atoms. The highest BCUT2D eigenvalue weighted by Gasteiger charge is 2.41. The second-order valence-corrected chi connectivity index (χ2v) is 7.47. The predicted octanol–water partition coefficient (Wildman–Crippen LogP) is 3.71. The Balaban J connectivity index is 2.21. The van der Waals surface area contributed by atoms with Crippen molar-refractivity contribution >= 4 is 27.7 Å². The lowest BCUT2D eigenvalue weighted by molar-refractivity contribution is -0.139. The van der Waals surface area contributed by atoms with Gasteiger partial charge < -0.3 is 24.7 Å². The number of allylic oxidation sites excluding steroid dienone is 2. The molecular formula is C21H24BrNO6. The van der Waals surface area contributed by atoms with Crippen LogP contribution in [0.4, 0.5) is 0 Å². The van der Waals surface area contributed by atoms with Gasteiger partial charge in [-0.2, -0.15) is 0 Å². The van der Waals surface area contributed by atoms with E-state index in [-0.39, 0.29) is 23.8 Å². The van der Waals surface area contributed by atoms with Gasteiger partial charge in [-0.25, -0.2) is 4.79 Å². The zero-order valence-electron chi connectivity index (χ0n) is 16.7. The molecule has 2 N–H and O–H groups in total. The molecular weight excluding hydrogens is 442 g/mol. The summed E-state index contributed by atoms with van der Waals surface area (Å²) in [6.07, 6.45) is 1.66. The zero-order chi connectivity index (χ0) is 21.1. The Morgan fingerprint density at radius 3 is 2.69 bits per heavy atom. The monoisotopic (exact) mass is 465 g/mol. The number of carbonyl (C=O) groups excluding carboxylic acids is 2. The summed E-state index contributed by atoms with van der Waals surface area (Å²) in [7, 11) is 1.53. The highest BCUT2D eigenvalue weighted by molar-refractivity contribution is 9.10.